The van der Waals surface area contributed by atoms with E-state index in [4.69, 9.17) is 17.3 Å². The summed E-state index contributed by atoms with van der Waals surface area (Å²) in [6.45, 7) is 7.89. The molecule has 0 saturated heterocycles. The molecule has 0 aromatic heterocycles. The second-order valence-electron chi connectivity index (χ2n) is 5.53. The molecule has 1 rings (SSSR count). The van der Waals surface area contributed by atoms with E-state index in [1.165, 1.54) is 0 Å². The Morgan fingerprint density at radius 2 is 2.10 bits per heavy atom. The topological polar surface area (TPSA) is 46.3 Å². The molecule has 0 radical (unpaired) electrons. The molecule has 1 aromatic carbocycles. The van der Waals surface area contributed by atoms with Crippen LogP contribution in [0.4, 0.5) is 0 Å². The largest absolute Gasteiger partial charge is 0.338 e. The van der Waals surface area contributed by atoms with Gasteiger partial charge < -0.3 is 10.6 Å². The predicted molar refractivity (Wildman–Crippen MR) is 87.6 cm³/mol. The maximum absolute atomic E-state index is 12.6. The molecular weight excluding hydrogens is 292 g/mol. The number of hydrogen-bond donors (Lipinski definition) is 1. The summed E-state index contributed by atoms with van der Waals surface area (Å²) in [4.78, 5) is 15.5. The Labute approximate surface area is 130 Å². The zero-order valence-electron chi connectivity index (χ0n) is 12.6. The van der Waals surface area contributed by atoms with E-state index in [9.17, 15) is 4.79 Å². The Morgan fingerprint density at radius 3 is 2.60 bits per heavy atom. The number of amides is 1. The number of nitrogens with zero attached hydrogens (tertiary/aromatic N) is 1. The van der Waals surface area contributed by atoms with Gasteiger partial charge in [-0.25, -0.2) is 0 Å². The lowest BCUT2D eigenvalue weighted by atomic mass is 9.93. The Hall–Kier alpha value is -0.710. The van der Waals surface area contributed by atoms with Crippen molar-refractivity contribution in [2.24, 2.45) is 11.1 Å². The van der Waals surface area contributed by atoms with Crippen LogP contribution < -0.4 is 5.73 Å². The summed E-state index contributed by atoms with van der Waals surface area (Å²) in [5.41, 5.74) is 6.22. The minimum Gasteiger partial charge on any atom is -0.338 e. The molecule has 1 amide bonds. The van der Waals surface area contributed by atoms with Crippen LogP contribution in [0, 0.1) is 5.41 Å². The molecule has 0 saturated carbocycles. The SMILES string of the molecule is CCN(CC(C)(C)CN)C(=O)c1cc(SC)ccc1Cl. The summed E-state index contributed by atoms with van der Waals surface area (Å²) in [6, 6.07) is 5.56. The first-order chi connectivity index (χ1) is 9.34. The maximum Gasteiger partial charge on any atom is 0.255 e. The summed E-state index contributed by atoms with van der Waals surface area (Å²) < 4.78 is 0. The van der Waals surface area contributed by atoms with Gasteiger partial charge in [-0.05, 0) is 43.3 Å². The molecular formula is C15H23ClN2OS. The molecule has 0 fully saturated rings. The third kappa shape index (κ3) is 4.40. The van der Waals surface area contributed by atoms with E-state index >= 15 is 0 Å². The first-order valence-corrected chi connectivity index (χ1v) is 8.27. The van der Waals surface area contributed by atoms with Crippen molar-refractivity contribution in [1.29, 1.82) is 0 Å². The molecule has 5 heteroatoms. The molecule has 1 aromatic rings. The van der Waals surface area contributed by atoms with Gasteiger partial charge in [0.2, 0.25) is 0 Å². The van der Waals surface area contributed by atoms with Gasteiger partial charge in [0.15, 0.2) is 0 Å². The Bertz CT molecular complexity index is 477. The van der Waals surface area contributed by atoms with Crippen molar-refractivity contribution in [2.45, 2.75) is 25.7 Å². The van der Waals surface area contributed by atoms with Crippen molar-refractivity contribution in [1.82, 2.24) is 4.90 Å². The van der Waals surface area contributed by atoms with Crippen LogP contribution in [0.5, 0.6) is 0 Å². The van der Waals surface area contributed by atoms with Gasteiger partial charge in [0.25, 0.3) is 5.91 Å². The van der Waals surface area contributed by atoms with Gasteiger partial charge in [0.05, 0.1) is 10.6 Å². The summed E-state index contributed by atoms with van der Waals surface area (Å²) in [5.74, 6) is -0.0325. The molecule has 0 aliphatic rings. The van der Waals surface area contributed by atoms with Crippen LogP contribution in [0.2, 0.25) is 5.02 Å². The number of carbonyl (C=O) groups excluding carboxylic acids is 1. The minimum absolute atomic E-state index is 0.0325. The number of nitrogens with two attached hydrogens (primary N) is 1. The number of rotatable bonds is 6. The summed E-state index contributed by atoms with van der Waals surface area (Å²) in [7, 11) is 0. The van der Waals surface area contributed by atoms with E-state index in [-0.39, 0.29) is 11.3 Å². The smallest absolute Gasteiger partial charge is 0.255 e. The number of hydrogen-bond acceptors (Lipinski definition) is 3. The number of halogens is 1. The Balaban J connectivity index is 3.02. The van der Waals surface area contributed by atoms with Crippen molar-refractivity contribution >= 4 is 29.3 Å². The zero-order chi connectivity index (χ0) is 15.3. The van der Waals surface area contributed by atoms with Crippen molar-refractivity contribution < 1.29 is 4.79 Å². The van der Waals surface area contributed by atoms with Gasteiger partial charge in [-0.2, -0.15) is 0 Å². The van der Waals surface area contributed by atoms with Crippen LogP contribution in [-0.4, -0.2) is 36.7 Å². The van der Waals surface area contributed by atoms with E-state index in [1.807, 2.05) is 25.3 Å². The third-order valence-electron chi connectivity index (χ3n) is 3.24. The lowest BCUT2D eigenvalue weighted by molar-refractivity contribution is 0.0701. The summed E-state index contributed by atoms with van der Waals surface area (Å²) in [6.07, 6.45) is 1.98. The predicted octanol–water partition coefficient (Wildman–Crippen LogP) is 3.51. The van der Waals surface area contributed by atoms with Crippen molar-refractivity contribution in [3.8, 4) is 0 Å². The van der Waals surface area contributed by atoms with Gasteiger partial charge in [0, 0.05) is 18.0 Å². The van der Waals surface area contributed by atoms with Gasteiger partial charge >= 0.3 is 0 Å². The van der Waals surface area contributed by atoms with Crippen molar-refractivity contribution in [2.75, 3.05) is 25.9 Å². The molecule has 3 nitrogen and oxygen atoms in total. The quantitative estimate of drug-likeness (QED) is 0.817. The second-order valence-corrected chi connectivity index (χ2v) is 6.82. The molecule has 0 unspecified atom stereocenters. The van der Waals surface area contributed by atoms with Gasteiger partial charge in [-0.1, -0.05) is 25.4 Å². The van der Waals surface area contributed by atoms with Crippen LogP contribution in [0.25, 0.3) is 0 Å². The van der Waals surface area contributed by atoms with Crippen LogP contribution in [-0.2, 0) is 0 Å². The third-order valence-corrected chi connectivity index (χ3v) is 4.30. The van der Waals surface area contributed by atoms with E-state index in [0.717, 1.165) is 4.90 Å². The van der Waals surface area contributed by atoms with E-state index in [1.54, 1.807) is 22.7 Å². The molecule has 0 heterocycles. The Kier molecular flexibility index (Phi) is 6.37. The van der Waals surface area contributed by atoms with Crippen LogP contribution in [0.1, 0.15) is 31.1 Å². The highest BCUT2D eigenvalue weighted by atomic mass is 35.5. The summed E-state index contributed by atoms with van der Waals surface area (Å²) in [5, 5.41) is 0.497. The molecule has 0 spiro atoms. The van der Waals surface area contributed by atoms with Gasteiger partial charge in [0.1, 0.15) is 0 Å². The average Bonchev–Trinajstić information content (AvgIpc) is 2.44. The fraction of sp³-hybridized carbons (Fsp3) is 0.533. The molecule has 0 aliphatic carbocycles. The highest BCUT2D eigenvalue weighted by Crippen LogP contribution is 2.25. The number of carbonyl (C=O) groups is 1. The fourth-order valence-corrected chi connectivity index (χ4v) is 2.51. The molecule has 0 atom stereocenters. The molecule has 2 N–H and O–H groups in total. The first-order valence-electron chi connectivity index (χ1n) is 6.67. The normalized spacial score (nSPS) is 11.5. The number of benzene rings is 1. The van der Waals surface area contributed by atoms with Crippen LogP contribution >= 0.6 is 23.4 Å². The van der Waals surface area contributed by atoms with Crippen molar-refractivity contribution in [3.05, 3.63) is 28.8 Å². The highest BCUT2D eigenvalue weighted by molar-refractivity contribution is 7.98. The van der Waals surface area contributed by atoms with Crippen LogP contribution in [0.3, 0.4) is 0 Å². The monoisotopic (exact) mass is 314 g/mol. The average molecular weight is 315 g/mol. The lowest BCUT2D eigenvalue weighted by Gasteiger charge is -2.31. The van der Waals surface area contributed by atoms with Gasteiger partial charge in [-0.15, -0.1) is 11.8 Å². The number of thioether (sulfide) groups is 1. The second kappa shape index (κ2) is 7.34. The first kappa shape index (κ1) is 17.3. The zero-order valence-corrected chi connectivity index (χ0v) is 14.1. The molecule has 0 aliphatic heterocycles. The molecule has 20 heavy (non-hydrogen) atoms. The fourth-order valence-electron chi connectivity index (χ4n) is 1.87. The summed E-state index contributed by atoms with van der Waals surface area (Å²) >= 11 is 7.77. The maximum atomic E-state index is 12.6. The van der Waals surface area contributed by atoms with E-state index in [0.29, 0.717) is 30.2 Å². The van der Waals surface area contributed by atoms with E-state index < -0.39 is 0 Å². The molecule has 0 bridgehead atoms. The highest BCUT2D eigenvalue weighted by Gasteiger charge is 2.24. The molecule has 112 valence electrons. The van der Waals surface area contributed by atoms with Crippen LogP contribution in [0.15, 0.2) is 23.1 Å². The minimum atomic E-state index is -0.102. The standard InChI is InChI=1S/C15H23ClN2OS/c1-5-18(10-15(2,3)9-17)14(19)12-8-11(20-4)6-7-13(12)16/h6-8H,5,9-10,17H2,1-4H3. The Morgan fingerprint density at radius 1 is 1.45 bits per heavy atom. The van der Waals surface area contributed by atoms with Gasteiger partial charge in [-0.3, -0.25) is 4.79 Å². The van der Waals surface area contributed by atoms with E-state index in [2.05, 4.69) is 13.8 Å². The van der Waals surface area contributed by atoms with Crippen molar-refractivity contribution in [3.63, 3.8) is 0 Å². The lowest BCUT2D eigenvalue weighted by Crippen LogP contribution is -2.42.